The smallest absolute Gasteiger partial charge is 0.363 e. The Morgan fingerprint density at radius 2 is 1.94 bits per heavy atom. The van der Waals surface area contributed by atoms with Gasteiger partial charge in [-0.05, 0) is 23.8 Å². The third-order valence-electron chi connectivity index (χ3n) is 2.30. The third kappa shape index (κ3) is 2.74. The number of hydrogen-bond donors (Lipinski definition) is 0. The van der Waals surface area contributed by atoms with Crippen LogP contribution in [0, 0.1) is 5.92 Å². The quantitative estimate of drug-likeness (QED) is 0.596. The van der Waals surface area contributed by atoms with E-state index in [-0.39, 0.29) is 5.92 Å². The van der Waals surface area contributed by atoms with E-state index in [1.165, 1.54) is 0 Å². The predicted octanol–water partition coefficient (Wildman–Crippen LogP) is 3.29. The molecule has 0 saturated heterocycles. The Hall–Kier alpha value is -1.61. The Balaban J connectivity index is 2.28. The molecule has 0 unspecified atom stereocenters. The van der Waals surface area contributed by atoms with Crippen molar-refractivity contribution < 1.29 is 9.53 Å². The maximum absolute atomic E-state index is 11.5. The van der Waals surface area contributed by atoms with Crippen LogP contribution in [0.5, 0.6) is 0 Å². The summed E-state index contributed by atoms with van der Waals surface area (Å²) in [6, 6.07) is 7.18. The van der Waals surface area contributed by atoms with Crippen LogP contribution in [0.4, 0.5) is 0 Å². The van der Waals surface area contributed by atoms with E-state index in [4.69, 9.17) is 16.3 Å². The lowest BCUT2D eigenvalue weighted by molar-refractivity contribution is -0.130. The van der Waals surface area contributed by atoms with Crippen LogP contribution in [-0.2, 0) is 9.53 Å². The van der Waals surface area contributed by atoms with Crippen molar-refractivity contribution in [1.29, 1.82) is 0 Å². The summed E-state index contributed by atoms with van der Waals surface area (Å²) in [5.74, 6) is 0.175. The fourth-order valence-electron chi connectivity index (χ4n) is 1.39. The standard InChI is InChI=1S/C13H12ClNO2/c1-8(2)12-15-11(13(16)17-12)7-9-3-5-10(14)6-4-9/h3-8H,1-2H3. The van der Waals surface area contributed by atoms with Crippen molar-refractivity contribution in [3.8, 4) is 0 Å². The summed E-state index contributed by atoms with van der Waals surface area (Å²) >= 11 is 5.78. The lowest BCUT2D eigenvalue weighted by atomic mass is 10.2. The first-order valence-corrected chi connectivity index (χ1v) is 5.72. The van der Waals surface area contributed by atoms with Crippen LogP contribution in [0.15, 0.2) is 35.0 Å². The van der Waals surface area contributed by atoms with Gasteiger partial charge < -0.3 is 4.74 Å². The number of carbonyl (C=O) groups excluding carboxylic acids is 1. The van der Waals surface area contributed by atoms with Gasteiger partial charge in [-0.1, -0.05) is 37.6 Å². The lowest BCUT2D eigenvalue weighted by Crippen LogP contribution is -2.09. The lowest BCUT2D eigenvalue weighted by Gasteiger charge is -1.99. The molecule has 0 aliphatic carbocycles. The number of carbonyl (C=O) groups is 1. The first kappa shape index (κ1) is 11.9. The number of nitrogens with zero attached hydrogens (tertiary/aromatic N) is 1. The second-order valence-electron chi connectivity index (χ2n) is 4.08. The van der Waals surface area contributed by atoms with Crippen LogP contribution in [0.3, 0.4) is 0 Å². The van der Waals surface area contributed by atoms with E-state index in [1.807, 2.05) is 26.0 Å². The Kier molecular flexibility index (Phi) is 3.29. The van der Waals surface area contributed by atoms with Gasteiger partial charge in [-0.15, -0.1) is 0 Å². The monoisotopic (exact) mass is 249 g/mol. The molecule has 0 fully saturated rings. The molecular formula is C13H12ClNO2. The summed E-state index contributed by atoms with van der Waals surface area (Å²) < 4.78 is 5.05. The highest BCUT2D eigenvalue weighted by atomic mass is 35.5. The molecule has 0 spiro atoms. The zero-order valence-corrected chi connectivity index (χ0v) is 10.4. The van der Waals surface area contributed by atoms with Gasteiger partial charge in [0.25, 0.3) is 0 Å². The van der Waals surface area contributed by atoms with Crippen molar-refractivity contribution in [2.75, 3.05) is 0 Å². The summed E-state index contributed by atoms with van der Waals surface area (Å²) in [4.78, 5) is 15.7. The van der Waals surface area contributed by atoms with Crippen molar-refractivity contribution in [3.05, 3.63) is 40.5 Å². The first-order valence-electron chi connectivity index (χ1n) is 5.34. The highest BCUT2D eigenvalue weighted by molar-refractivity contribution is 6.30. The molecule has 1 aromatic rings. The molecule has 88 valence electrons. The van der Waals surface area contributed by atoms with Crippen LogP contribution in [0.25, 0.3) is 6.08 Å². The van der Waals surface area contributed by atoms with Crippen molar-refractivity contribution in [1.82, 2.24) is 0 Å². The van der Waals surface area contributed by atoms with Gasteiger partial charge in [0, 0.05) is 10.9 Å². The molecule has 0 amide bonds. The zero-order valence-electron chi connectivity index (χ0n) is 9.61. The van der Waals surface area contributed by atoms with Crippen LogP contribution >= 0.6 is 11.6 Å². The van der Waals surface area contributed by atoms with Gasteiger partial charge in [0.2, 0.25) is 5.90 Å². The molecule has 4 heteroatoms. The first-order chi connectivity index (χ1) is 8.06. The Morgan fingerprint density at radius 3 is 2.47 bits per heavy atom. The summed E-state index contributed by atoms with van der Waals surface area (Å²) in [5, 5.41) is 0.660. The topological polar surface area (TPSA) is 38.7 Å². The second-order valence-corrected chi connectivity index (χ2v) is 4.51. The van der Waals surface area contributed by atoms with Crippen molar-refractivity contribution >= 4 is 29.5 Å². The van der Waals surface area contributed by atoms with Crippen molar-refractivity contribution in [2.24, 2.45) is 10.9 Å². The van der Waals surface area contributed by atoms with Gasteiger partial charge in [0.15, 0.2) is 5.70 Å². The number of cyclic esters (lactones) is 1. The van der Waals surface area contributed by atoms with Gasteiger partial charge in [-0.2, -0.15) is 0 Å². The number of esters is 1. The summed E-state index contributed by atoms with van der Waals surface area (Å²) in [5.41, 5.74) is 1.20. The molecule has 3 nitrogen and oxygen atoms in total. The number of rotatable bonds is 2. The number of halogens is 1. The summed E-state index contributed by atoms with van der Waals surface area (Å²) in [7, 11) is 0. The molecule has 0 saturated carbocycles. The van der Waals surface area contributed by atoms with Crippen LogP contribution in [-0.4, -0.2) is 11.9 Å². The molecule has 1 aliphatic rings. The fraction of sp³-hybridized carbons (Fsp3) is 0.231. The SMILES string of the molecule is CC(C)C1=NC(=Cc2ccc(Cl)cc2)C(=O)O1. The highest BCUT2D eigenvalue weighted by Crippen LogP contribution is 2.19. The summed E-state index contributed by atoms with van der Waals surface area (Å²) in [6.07, 6.45) is 1.69. The van der Waals surface area contributed by atoms with Crippen LogP contribution in [0.2, 0.25) is 5.02 Å². The minimum Gasteiger partial charge on any atom is -0.407 e. The van der Waals surface area contributed by atoms with Gasteiger partial charge in [-0.3, -0.25) is 0 Å². The van der Waals surface area contributed by atoms with E-state index in [9.17, 15) is 4.79 Å². The molecule has 0 aromatic heterocycles. The molecule has 1 heterocycles. The van der Waals surface area contributed by atoms with E-state index >= 15 is 0 Å². The highest BCUT2D eigenvalue weighted by Gasteiger charge is 2.24. The van der Waals surface area contributed by atoms with Gasteiger partial charge in [0.05, 0.1) is 0 Å². The Labute approximate surface area is 105 Å². The molecule has 2 rings (SSSR count). The average Bonchev–Trinajstić information content (AvgIpc) is 2.64. The van der Waals surface area contributed by atoms with E-state index in [0.29, 0.717) is 16.6 Å². The third-order valence-corrected chi connectivity index (χ3v) is 2.56. The summed E-state index contributed by atoms with van der Waals surface area (Å²) in [6.45, 7) is 3.86. The zero-order chi connectivity index (χ0) is 12.4. The molecule has 0 bridgehead atoms. The normalized spacial score (nSPS) is 17.5. The number of hydrogen-bond acceptors (Lipinski definition) is 3. The predicted molar refractivity (Wildman–Crippen MR) is 67.8 cm³/mol. The van der Waals surface area contributed by atoms with Gasteiger partial charge in [-0.25, -0.2) is 9.79 Å². The molecule has 1 aromatic carbocycles. The average molecular weight is 250 g/mol. The minimum absolute atomic E-state index is 0.107. The Bertz CT molecular complexity index is 501. The van der Waals surface area contributed by atoms with E-state index in [2.05, 4.69) is 4.99 Å². The van der Waals surface area contributed by atoms with E-state index < -0.39 is 5.97 Å². The van der Waals surface area contributed by atoms with Gasteiger partial charge >= 0.3 is 5.97 Å². The molecule has 17 heavy (non-hydrogen) atoms. The van der Waals surface area contributed by atoms with Gasteiger partial charge in [0.1, 0.15) is 0 Å². The van der Waals surface area contributed by atoms with Crippen LogP contribution in [0.1, 0.15) is 19.4 Å². The minimum atomic E-state index is -0.399. The molecular weight excluding hydrogens is 238 g/mol. The molecule has 1 aliphatic heterocycles. The molecule has 0 N–H and O–H groups in total. The molecule has 0 atom stereocenters. The van der Waals surface area contributed by atoms with E-state index in [1.54, 1.807) is 18.2 Å². The second kappa shape index (κ2) is 4.72. The van der Waals surface area contributed by atoms with E-state index in [0.717, 1.165) is 5.56 Å². The maximum Gasteiger partial charge on any atom is 0.363 e. The number of ether oxygens (including phenoxy) is 1. The molecule has 0 radical (unpaired) electrons. The number of benzene rings is 1. The largest absolute Gasteiger partial charge is 0.407 e. The van der Waals surface area contributed by atoms with Crippen molar-refractivity contribution in [3.63, 3.8) is 0 Å². The van der Waals surface area contributed by atoms with Crippen molar-refractivity contribution in [2.45, 2.75) is 13.8 Å². The van der Waals surface area contributed by atoms with Crippen LogP contribution < -0.4 is 0 Å². The number of aliphatic imine (C=N–C) groups is 1. The fourth-order valence-corrected chi connectivity index (χ4v) is 1.52. The Morgan fingerprint density at radius 1 is 1.29 bits per heavy atom. The maximum atomic E-state index is 11.5.